The van der Waals surface area contributed by atoms with Gasteiger partial charge in [-0.3, -0.25) is 0 Å². The van der Waals surface area contributed by atoms with Crippen molar-refractivity contribution >= 4 is 23.4 Å². The molecule has 2 aliphatic rings. The lowest BCUT2D eigenvalue weighted by atomic mass is 9.84. The zero-order valence-corrected chi connectivity index (χ0v) is 20.5. The molecule has 3 aromatic carbocycles. The molecule has 170 valence electrons. The zero-order chi connectivity index (χ0) is 23.4. The maximum Gasteiger partial charge on any atom is 0.227 e. The molecule has 6 heteroatoms. The smallest absolute Gasteiger partial charge is 0.227 e. The molecule has 1 N–H and O–H groups in total. The third-order valence-corrected chi connectivity index (χ3v) is 7.10. The lowest BCUT2D eigenvalue weighted by Crippen LogP contribution is -2.32. The van der Waals surface area contributed by atoms with Crippen molar-refractivity contribution in [3.05, 3.63) is 106 Å². The highest BCUT2D eigenvalue weighted by Gasteiger charge is 2.41. The van der Waals surface area contributed by atoms with Crippen LogP contribution in [0.5, 0.6) is 5.75 Å². The van der Waals surface area contributed by atoms with Gasteiger partial charge in [0, 0.05) is 11.1 Å². The molecule has 0 saturated heterocycles. The molecule has 0 radical (unpaired) electrons. The molecule has 0 aliphatic carbocycles. The van der Waals surface area contributed by atoms with E-state index in [9.17, 15) is 0 Å². The van der Waals surface area contributed by atoms with Crippen LogP contribution in [0, 0.1) is 20.8 Å². The number of hydrogen-bond donors (Lipinski definition) is 1. The van der Waals surface area contributed by atoms with Gasteiger partial charge in [0.15, 0.2) is 0 Å². The second kappa shape index (κ2) is 8.06. The van der Waals surface area contributed by atoms with Gasteiger partial charge in [0.1, 0.15) is 17.9 Å². The van der Waals surface area contributed by atoms with Crippen molar-refractivity contribution in [2.24, 2.45) is 0 Å². The number of ether oxygens (including phenoxy) is 1. The van der Waals surface area contributed by atoms with Crippen LogP contribution >= 0.6 is 11.8 Å². The van der Waals surface area contributed by atoms with E-state index in [1.807, 2.05) is 10.9 Å². The fraction of sp³-hybridized carbons (Fsp3) is 0.214. The number of nitrogens with one attached hydrogen (secondary N) is 1. The van der Waals surface area contributed by atoms with Crippen LogP contribution in [0.1, 0.15) is 45.5 Å². The molecule has 3 heterocycles. The number of anilines is 1. The van der Waals surface area contributed by atoms with Crippen LogP contribution in [0.2, 0.25) is 0 Å². The van der Waals surface area contributed by atoms with E-state index >= 15 is 0 Å². The Morgan fingerprint density at radius 1 is 0.853 bits per heavy atom. The van der Waals surface area contributed by atoms with Gasteiger partial charge < -0.3 is 10.1 Å². The van der Waals surface area contributed by atoms with Crippen LogP contribution in [-0.2, 0) is 0 Å². The van der Waals surface area contributed by atoms with Gasteiger partial charge in [-0.05, 0) is 50.3 Å². The molecule has 0 saturated carbocycles. The number of benzene rings is 3. The van der Waals surface area contributed by atoms with Gasteiger partial charge in [-0.25, -0.2) is 4.68 Å². The van der Waals surface area contributed by atoms with Gasteiger partial charge in [-0.1, -0.05) is 83.0 Å². The first-order chi connectivity index (χ1) is 16.5. The highest BCUT2D eigenvalue weighted by Crippen LogP contribution is 2.51. The number of aromatic nitrogens is 3. The lowest BCUT2D eigenvalue weighted by Gasteiger charge is -2.39. The monoisotopic (exact) mass is 466 g/mol. The van der Waals surface area contributed by atoms with E-state index in [0.29, 0.717) is 0 Å². The minimum atomic E-state index is -0.250. The van der Waals surface area contributed by atoms with Crippen LogP contribution in [0.25, 0.3) is 5.70 Å². The third kappa shape index (κ3) is 3.41. The standard InChI is InChI=1S/C28H26N4OS/c1-16-5-10-19(11-6-16)25-23-24(29-27-30-28(34-4)31-32(25)27)21-15-18(3)9-14-22(21)33-26(23)20-12-7-17(2)8-13-20/h5-15,25-26H,1-4H3,(H,29,30,31)/t25-,26-/m1/s1. The molecule has 0 spiro atoms. The average molecular weight is 467 g/mol. The summed E-state index contributed by atoms with van der Waals surface area (Å²) in [5.41, 5.74) is 9.21. The van der Waals surface area contributed by atoms with E-state index in [2.05, 4.69) is 92.8 Å². The van der Waals surface area contributed by atoms with Gasteiger partial charge in [0.2, 0.25) is 11.1 Å². The summed E-state index contributed by atoms with van der Waals surface area (Å²) in [5.74, 6) is 1.63. The van der Waals surface area contributed by atoms with Crippen LogP contribution in [-0.4, -0.2) is 21.0 Å². The van der Waals surface area contributed by atoms with Crippen molar-refractivity contribution in [2.45, 2.75) is 38.1 Å². The fourth-order valence-corrected chi connectivity index (χ4v) is 5.14. The Labute approximate surface area is 203 Å². The summed E-state index contributed by atoms with van der Waals surface area (Å²) in [5, 5.41) is 9.25. The van der Waals surface area contributed by atoms with E-state index in [1.165, 1.54) is 16.7 Å². The number of rotatable bonds is 3. The Morgan fingerprint density at radius 2 is 1.50 bits per heavy atom. The highest BCUT2D eigenvalue weighted by molar-refractivity contribution is 7.98. The van der Waals surface area contributed by atoms with E-state index in [1.54, 1.807) is 11.8 Å². The van der Waals surface area contributed by atoms with Crippen LogP contribution in [0.15, 0.2) is 77.5 Å². The van der Waals surface area contributed by atoms with Gasteiger partial charge in [-0.2, -0.15) is 4.98 Å². The summed E-state index contributed by atoms with van der Waals surface area (Å²) in [4.78, 5) is 4.79. The number of nitrogens with zero attached hydrogens (tertiary/aromatic N) is 3. The summed E-state index contributed by atoms with van der Waals surface area (Å²) in [6.45, 7) is 6.33. The molecule has 34 heavy (non-hydrogen) atoms. The Balaban J connectivity index is 1.63. The third-order valence-electron chi connectivity index (χ3n) is 6.56. The molecular formula is C28H26N4OS. The normalized spacial score (nSPS) is 18.5. The lowest BCUT2D eigenvalue weighted by molar-refractivity contribution is 0.223. The summed E-state index contributed by atoms with van der Waals surface area (Å²) < 4.78 is 8.76. The van der Waals surface area contributed by atoms with E-state index in [0.717, 1.165) is 44.8 Å². The summed E-state index contributed by atoms with van der Waals surface area (Å²) in [6, 6.07) is 23.6. The molecular weight excluding hydrogens is 440 g/mol. The first-order valence-corrected chi connectivity index (χ1v) is 12.7. The Morgan fingerprint density at radius 3 is 2.18 bits per heavy atom. The molecule has 4 aromatic rings. The van der Waals surface area contributed by atoms with Crippen molar-refractivity contribution < 1.29 is 4.74 Å². The molecule has 2 atom stereocenters. The maximum atomic E-state index is 6.74. The maximum absolute atomic E-state index is 6.74. The topological polar surface area (TPSA) is 52.0 Å². The van der Waals surface area contributed by atoms with Gasteiger partial charge >= 0.3 is 0 Å². The zero-order valence-electron chi connectivity index (χ0n) is 19.7. The molecule has 5 nitrogen and oxygen atoms in total. The predicted molar refractivity (Wildman–Crippen MR) is 137 cm³/mol. The van der Waals surface area contributed by atoms with Crippen molar-refractivity contribution in [3.63, 3.8) is 0 Å². The number of aryl methyl sites for hydroxylation is 3. The summed E-state index contributed by atoms with van der Waals surface area (Å²) in [7, 11) is 0. The molecule has 0 unspecified atom stereocenters. The molecule has 0 fully saturated rings. The highest BCUT2D eigenvalue weighted by atomic mass is 32.2. The predicted octanol–water partition coefficient (Wildman–Crippen LogP) is 6.49. The second-order valence-electron chi connectivity index (χ2n) is 9.04. The number of hydrogen-bond acceptors (Lipinski definition) is 5. The number of fused-ring (bicyclic) bond motifs is 3. The second-order valence-corrected chi connectivity index (χ2v) is 9.82. The van der Waals surface area contributed by atoms with Crippen LogP contribution in [0.4, 0.5) is 5.95 Å². The van der Waals surface area contributed by atoms with Gasteiger partial charge in [-0.15, -0.1) is 5.10 Å². The van der Waals surface area contributed by atoms with Crippen LogP contribution < -0.4 is 10.1 Å². The SMILES string of the molecule is CSc1nc2n(n1)[C@H](c1ccc(C)cc1)C1=C(N2)c2cc(C)ccc2O[C@@H]1c1ccc(C)cc1. The van der Waals surface area contributed by atoms with Crippen molar-refractivity contribution in [3.8, 4) is 5.75 Å². The van der Waals surface area contributed by atoms with Gasteiger partial charge in [0.25, 0.3) is 0 Å². The molecule has 2 aliphatic heterocycles. The van der Waals surface area contributed by atoms with E-state index in [-0.39, 0.29) is 12.1 Å². The molecule has 0 bridgehead atoms. The number of thioether (sulfide) groups is 1. The van der Waals surface area contributed by atoms with Crippen LogP contribution in [0.3, 0.4) is 0 Å². The Bertz CT molecular complexity index is 1420. The molecule has 6 rings (SSSR count). The minimum Gasteiger partial charge on any atom is -0.480 e. The Hall–Kier alpha value is -3.51. The fourth-order valence-electron chi connectivity index (χ4n) is 4.80. The average Bonchev–Trinajstić information content (AvgIpc) is 3.27. The first-order valence-electron chi connectivity index (χ1n) is 11.4. The van der Waals surface area contributed by atoms with Gasteiger partial charge in [0.05, 0.1) is 5.70 Å². The molecule has 1 aromatic heterocycles. The van der Waals surface area contributed by atoms with Crippen molar-refractivity contribution in [1.82, 2.24) is 14.8 Å². The minimum absolute atomic E-state index is 0.139. The Kier molecular flexibility index (Phi) is 4.99. The first kappa shape index (κ1) is 21.1. The summed E-state index contributed by atoms with van der Waals surface area (Å²) in [6.07, 6.45) is 1.76. The van der Waals surface area contributed by atoms with E-state index in [4.69, 9.17) is 14.8 Å². The summed E-state index contributed by atoms with van der Waals surface area (Å²) >= 11 is 1.55. The van der Waals surface area contributed by atoms with Crippen molar-refractivity contribution in [1.29, 1.82) is 0 Å². The quantitative estimate of drug-likeness (QED) is 0.350. The molecule has 0 amide bonds. The largest absolute Gasteiger partial charge is 0.480 e. The van der Waals surface area contributed by atoms with E-state index < -0.39 is 0 Å². The van der Waals surface area contributed by atoms with Crippen molar-refractivity contribution in [2.75, 3.05) is 11.6 Å².